The SMILES string of the molecule is COc1ccc(Cl)cc1C(N)C1(N2CCCC2)CCCC1. The van der Waals surface area contributed by atoms with Gasteiger partial charge in [-0.3, -0.25) is 4.90 Å². The fourth-order valence-electron chi connectivity index (χ4n) is 4.21. The number of halogens is 1. The van der Waals surface area contributed by atoms with Gasteiger partial charge in [-0.05, 0) is 57.0 Å². The Kier molecular flexibility index (Phi) is 4.43. The number of hydrogen-bond donors (Lipinski definition) is 1. The summed E-state index contributed by atoms with van der Waals surface area (Å²) in [5.41, 5.74) is 7.93. The molecule has 2 aliphatic rings. The average molecular weight is 309 g/mol. The molecule has 0 aromatic heterocycles. The van der Waals surface area contributed by atoms with Gasteiger partial charge < -0.3 is 10.5 Å². The second-order valence-electron chi connectivity index (χ2n) is 6.37. The van der Waals surface area contributed by atoms with Gasteiger partial charge in [0, 0.05) is 16.1 Å². The maximum Gasteiger partial charge on any atom is 0.123 e. The third-order valence-corrected chi connectivity index (χ3v) is 5.55. The van der Waals surface area contributed by atoms with Crippen LogP contribution >= 0.6 is 11.6 Å². The third-order valence-electron chi connectivity index (χ3n) is 5.31. The molecule has 1 saturated heterocycles. The molecule has 0 bridgehead atoms. The van der Waals surface area contributed by atoms with Gasteiger partial charge in [0.05, 0.1) is 13.2 Å². The largest absolute Gasteiger partial charge is 0.496 e. The van der Waals surface area contributed by atoms with Gasteiger partial charge in [0.25, 0.3) is 0 Å². The molecule has 0 amide bonds. The van der Waals surface area contributed by atoms with Crippen LogP contribution in [-0.4, -0.2) is 30.6 Å². The van der Waals surface area contributed by atoms with Crippen LogP contribution in [0.1, 0.15) is 50.1 Å². The summed E-state index contributed by atoms with van der Waals surface area (Å²) in [5.74, 6) is 0.859. The van der Waals surface area contributed by atoms with Crippen molar-refractivity contribution in [1.29, 1.82) is 0 Å². The highest BCUT2D eigenvalue weighted by Gasteiger charge is 2.46. The predicted octanol–water partition coefficient (Wildman–Crippen LogP) is 3.76. The summed E-state index contributed by atoms with van der Waals surface area (Å²) in [4.78, 5) is 2.63. The van der Waals surface area contributed by atoms with Crippen molar-refractivity contribution >= 4 is 11.6 Å². The molecular weight excluding hydrogens is 284 g/mol. The van der Waals surface area contributed by atoms with Crippen molar-refractivity contribution in [2.24, 2.45) is 5.73 Å². The number of likely N-dealkylation sites (tertiary alicyclic amines) is 1. The fourth-order valence-corrected chi connectivity index (χ4v) is 4.39. The van der Waals surface area contributed by atoms with E-state index in [2.05, 4.69) is 4.90 Å². The normalized spacial score (nSPS) is 23.4. The van der Waals surface area contributed by atoms with Crippen molar-refractivity contribution in [1.82, 2.24) is 4.90 Å². The Bertz CT molecular complexity index is 494. The predicted molar refractivity (Wildman–Crippen MR) is 86.9 cm³/mol. The van der Waals surface area contributed by atoms with Crippen LogP contribution in [0.3, 0.4) is 0 Å². The Morgan fingerprint density at radius 2 is 1.86 bits per heavy atom. The Labute approximate surface area is 132 Å². The number of benzene rings is 1. The molecule has 21 heavy (non-hydrogen) atoms. The van der Waals surface area contributed by atoms with Crippen LogP contribution in [0.15, 0.2) is 18.2 Å². The van der Waals surface area contributed by atoms with Gasteiger partial charge in [0.1, 0.15) is 5.75 Å². The van der Waals surface area contributed by atoms with Gasteiger partial charge in [-0.25, -0.2) is 0 Å². The Morgan fingerprint density at radius 3 is 2.48 bits per heavy atom. The smallest absolute Gasteiger partial charge is 0.123 e. The number of methoxy groups -OCH3 is 1. The number of ether oxygens (including phenoxy) is 1. The maximum absolute atomic E-state index is 6.78. The topological polar surface area (TPSA) is 38.5 Å². The highest BCUT2D eigenvalue weighted by Crippen LogP contribution is 2.46. The van der Waals surface area contributed by atoms with Gasteiger partial charge in [-0.1, -0.05) is 24.4 Å². The zero-order valence-corrected chi connectivity index (χ0v) is 13.5. The minimum absolute atomic E-state index is 0.0354. The standard InChI is InChI=1S/C17H25ClN2O/c1-21-15-7-6-13(18)12-14(15)16(19)17(8-2-3-9-17)20-10-4-5-11-20/h6-7,12,16H,2-5,8-11,19H2,1H3. The minimum Gasteiger partial charge on any atom is -0.496 e. The minimum atomic E-state index is -0.0354. The summed E-state index contributed by atoms with van der Waals surface area (Å²) in [6.45, 7) is 2.35. The summed E-state index contributed by atoms with van der Waals surface area (Å²) >= 11 is 6.20. The molecule has 3 rings (SSSR count). The Morgan fingerprint density at radius 1 is 1.19 bits per heavy atom. The summed E-state index contributed by atoms with van der Waals surface area (Å²) in [6, 6.07) is 5.76. The number of hydrogen-bond acceptors (Lipinski definition) is 3. The van der Waals surface area contributed by atoms with E-state index < -0.39 is 0 Å². The first kappa shape index (κ1) is 15.1. The molecule has 1 unspecified atom stereocenters. The van der Waals surface area contributed by atoms with Crippen LogP contribution < -0.4 is 10.5 Å². The number of nitrogens with zero attached hydrogens (tertiary/aromatic N) is 1. The first-order valence-corrected chi connectivity index (χ1v) is 8.39. The molecule has 0 spiro atoms. The van der Waals surface area contributed by atoms with Gasteiger partial charge >= 0.3 is 0 Å². The third kappa shape index (κ3) is 2.67. The van der Waals surface area contributed by atoms with Crippen LogP contribution in [0.4, 0.5) is 0 Å². The second kappa shape index (κ2) is 6.15. The van der Waals surface area contributed by atoms with Crippen LogP contribution in [0.25, 0.3) is 0 Å². The lowest BCUT2D eigenvalue weighted by molar-refractivity contribution is 0.0911. The van der Waals surface area contributed by atoms with Crippen molar-refractivity contribution in [3.8, 4) is 5.75 Å². The molecule has 2 fully saturated rings. The monoisotopic (exact) mass is 308 g/mol. The van der Waals surface area contributed by atoms with Crippen molar-refractivity contribution in [2.75, 3.05) is 20.2 Å². The van der Waals surface area contributed by atoms with Crippen LogP contribution in [0, 0.1) is 0 Å². The summed E-state index contributed by atoms with van der Waals surface area (Å²) in [7, 11) is 1.70. The molecule has 0 radical (unpaired) electrons. The Hall–Kier alpha value is -0.770. The van der Waals surface area contributed by atoms with E-state index in [0.717, 1.165) is 16.3 Å². The zero-order valence-electron chi connectivity index (χ0n) is 12.8. The van der Waals surface area contributed by atoms with Gasteiger partial charge in [-0.2, -0.15) is 0 Å². The first-order chi connectivity index (χ1) is 10.2. The first-order valence-electron chi connectivity index (χ1n) is 8.01. The fraction of sp³-hybridized carbons (Fsp3) is 0.647. The van der Waals surface area contributed by atoms with Crippen molar-refractivity contribution < 1.29 is 4.74 Å². The zero-order chi connectivity index (χ0) is 14.9. The molecule has 1 aliphatic heterocycles. The quantitative estimate of drug-likeness (QED) is 0.920. The average Bonchev–Trinajstić information content (AvgIpc) is 3.18. The second-order valence-corrected chi connectivity index (χ2v) is 6.81. The van der Waals surface area contributed by atoms with Gasteiger partial charge in [0.2, 0.25) is 0 Å². The number of rotatable bonds is 4. The van der Waals surface area contributed by atoms with Crippen molar-refractivity contribution in [3.63, 3.8) is 0 Å². The van der Waals surface area contributed by atoms with E-state index in [4.69, 9.17) is 22.1 Å². The van der Waals surface area contributed by atoms with Crippen LogP contribution in [-0.2, 0) is 0 Å². The van der Waals surface area contributed by atoms with E-state index in [1.165, 1.54) is 51.6 Å². The molecule has 1 aliphatic carbocycles. The lowest BCUT2D eigenvalue weighted by Crippen LogP contribution is -2.52. The molecule has 1 heterocycles. The summed E-state index contributed by atoms with van der Waals surface area (Å²) in [6.07, 6.45) is 7.50. The maximum atomic E-state index is 6.78. The molecule has 1 atom stereocenters. The molecule has 116 valence electrons. The molecule has 2 N–H and O–H groups in total. The van der Waals surface area contributed by atoms with E-state index in [1.54, 1.807) is 7.11 Å². The highest BCUT2D eigenvalue weighted by molar-refractivity contribution is 6.30. The van der Waals surface area contributed by atoms with E-state index >= 15 is 0 Å². The molecule has 4 heteroatoms. The number of nitrogens with two attached hydrogens (primary N) is 1. The molecular formula is C17H25ClN2O. The van der Waals surface area contributed by atoms with E-state index in [1.807, 2.05) is 18.2 Å². The van der Waals surface area contributed by atoms with Crippen LogP contribution in [0.2, 0.25) is 5.02 Å². The highest BCUT2D eigenvalue weighted by atomic mass is 35.5. The van der Waals surface area contributed by atoms with Crippen molar-refractivity contribution in [2.45, 2.75) is 50.1 Å². The Balaban J connectivity index is 1.98. The lowest BCUT2D eigenvalue weighted by atomic mass is 9.82. The molecule has 3 nitrogen and oxygen atoms in total. The van der Waals surface area contributed by atoms with E-state index in [9.17, 15) is 0 Å². The summed E-state index contributed by atoms with van der Waals surface area (Å²) in [5, 5.41) is 0.732. The van der Waals surface area contributed by atoms with E-state index in [-0.39, 0.29) is 11.6 Å². The molecule has 1 aromatic rings. The lowest BCUT2D eigenvalue weighted by Gasteiger charge is -2.44. The molecule has 1 aromatic carbocycles. The van der Waals surface area contributed by atoms with Gasteiger partial charge in [-0.15, -0.1) is 0 Å². The van der Waals surface area contributed by atoms with Crippen molar-refractivity contribution in [3.05, 3.63) is 28.8 Å². The van der Waals surface area contributed by atoms with Crippen LogP contribution in [0.5, 0.6) is 5.75 Å². The molecule has 1 saturated carbocycles. The van der Waals surface area contributed by atoms with Gasteiger partial charge in [0.15, 0.2) is 0 Å². The van der Waals surface area contributed by atoms with E-state index in [0.29, 0.717) is 0 Å². The summed E-state index contributed by atoms with van der Waals surface area (Å²) < 4.78 is 5.53.